The van der Waals surface area contributed by atoms with E-state index in [1.807, 2.05) is 43.3 Å². The van der Waals surface area contributed by atoms with Crippen LogP contribution in [0.15, 0.2) is 36.4 Å². The van der Waals surface area contributed by atoms with Gasteiger partial charge in [-0.1, -0.05) is 18.2 Å². The number of nitrogens with one attached hydrogen (secondary N) is 2. The Morgan fingerprint density at radius 2 is 1.91 bits per heavy atom. The van der Waals surface area contributed by atoms with Gasteiger partial charge in [0, 0.05) is 24.5 Å². The van der Waals surface area contributed by atoms with Crippen LogP contribution in [0.3, 0.4) is 0 Å². The van der Waals surface area contributed by atoms with Crippen molar-refractivity contribution in [2.24, 2.45) is 0 Å². The molecular weight excluding hydrogens is 290 g/mol. The molecule has 0 aliphatic carbocycles. The van der Waals surface area contributed by atoms with Crippen molar-refractivity contribution < 1.29 is 4.79 Å². The Bertz CT molecular complexity index is 668. The summed E-state index contributed by atoms with van der Waals surface area (Å²) in [7, 11) is 0. The Balaban J connectivity index is 1.60. The van der Waals surface area contributed by atoms with Crippen LogP contribution in [-0.4, -0.2) is 29.1 Å². The van der Waals surface area contributed by atoms with Crippen molar-refractivity contribution in [2.45, 2.75) is 26.3 Å². The second-order valence-corrected chi connectivity index (χ2v) is 5.67. The average molecular weight is 311 g/mol. The van der Waals surface area contributed by atoms with Gasteiger partial charge in [-0.2, -0.15) is 0 Å². The van der Waals surface area contributed by atoms with Gasteiger partial charge in [-0.3, -0.25) is 0 Å². The summed E-state index contributed by atoms with van der Waals surface area (Å²) < 4.78 is 0. The van der Waals surface area contributed by atoms with E-state index in [1.165, 1.54) is 12.8 Å². The summed E-state index contributed by atoms with van der Waals surface area (Å²) in [5, 5.41) is 5.63. The number of carbonyl (C=O) groups excluding carboxylic acids is 1. The number of para-hydroxylation sites is 1. The number of benzene rings is 1. The first-order valence-corrected chi connectivity index (χ1v) is 7.90. The molecular formula is C17H21N5O. The van der Waals surface area contributed by atoms with E-state index < -0.39 is 0 Å². The van der Waals surface area contributed by atoms with Gasteiger partial charge < -0.3 is 15.5 Å². The Labute approximate surface area is 135 Å². The van der Waals surface area contributed by atoms with Crippen molar-refractivity contribution in [3.05, 3.63) is 47.8 Å². The van der Waals surface area contributed by atoms with Gasteiger partial charge in [0.05, 0.1) is 12.2 Å². The van der Waals surface area contributed by atoms with Gasteiger partial charge in [0.25, 0.3) is 0 Å². The van der Waals surface area contributed by atoms with Crippen LogP contribution in [0.25, 0.3) is 0 Å². The van der Waals surface area contributed by atoms with Crippen molar-refractivity contribution in [1.82, 2.24) is 15.3 Å². The molecule has 6 nitrogen and oxygen atoms in total. The largest absolute Gasteiger partial charge is 0.341 e. The van der Waals surface area contributed by atoms with Crippen LogP contribution < -0.4 is 15.5 Å². The lowest BCUT2D eigenvalue weighted by atomic mass is 10.3. The summed E-state index contributed by atoms with van der Waals surface area (Å²) in [5.41, 5.74) is 2.51. The second-order valence-electron chi connectivity index (χ2n) is 5.67. The maximum atomic E-state index is 11.9. The summed E-state index contributed by atoms with van der Waals surface area (Å²) in [6.45, 7) is 4.34. The molecule has 0 atom stereocenters. The van der Waals surface area contributed by atoms with Gasteiger partial charge in [-0.15, -0.1) is 0 Å². The highest BCUT2D eigenvalue weighted by Gasteiger charge is 2.16. The molecule has 1 aliphatic heterocycles. The quantitative estimate of drug-likeness (QED) is 0.911. The number of anilines is 2. The van der Waals surface area contributed by atoms with Crippen molar-refractivity contribution in [2.75, 3.05) is 23.3 Å². The number of aryl methyl sites for hydroxylation is 1. The zero-order valence-corrected chi connectivity index (χ0v) is 13.2. The molecule has 2 amide bonds. The van der Waals surface area contributed by atoms with Gasteiger partial charge in [0.2, 0.25) is 5.95 Å². The van der Waals surface area contributed by atoms with Crippen LogP contribution in [0.4, 0.5) is 16.4 Å². The van der Waals surface area contributed by atoms with Gasteiger partial charge in [0.15, 0.2) is 0 Å². The molecule has 0 unspecified atom stereocenters. The molecule has 0 bridgehead atoms. The van der Waals surface area contributed by atoms with E-state index in [0.29, 0.717) is 6.54 Å². The van der Waals surface area contributed by atoms with Crippen LogP contribution in [-0.2, 0) is 6.54 Å². The molecule has 6 heteroatoms. The second kappa shape index (κ2) is 7.09. The van der Waals surface area contributed by atoms with Crippen LogP contribution in [0.2, 0.25) is 0 Å². The van der Waals surface area contributed by atoms with Crippen LogP contribution in [0, 0.1) is 6.92 Å². The number of aromatic nitrogens is 2. The molecule has 2 N–H and O–H groups in total. The highest BCUT2D eigenvalue weighted by atomic mass is 16.2. The van der Waals surface area contributed by atoms with E-state index in [0.717, 1.165) is 36.1 Å². The first kappa shape index (κ1) is 15.3. The number of hydrogen-bond donors (Lipinski definition) is 2. The maximum Gasteiger partial charge on any atom is 0.319 e. The van der Waals surface area contributed by atoms with E-state index in [9.17, 15) is 4.79 Å². The minimum Gasteiger partial charge on any atom is -0.341 e. The predicted molar refractivity (Wildman–Crippen MR) is 90.5 cm³/mol. The van der Waals surface area contributed by atoms with Crippen molar-refractivity contribution in [1.29, 1.82) is 0 Å². The Kier molecular flexibility index (Phi) is 4.71. The first-order chi connectivity index (χ1) is 11.2. The van der Waals surface area contributed by atoms with Crippen molar-refractivity contribution >= 4 is 17.7 Å². The number of hydrogen-bond acceptors (Lipinski definition) is 4. The molecule has 120 valence electrons. The molecule has 2 heterocycles. The number of carbonyl (C=O) groups is 1. The summed E-state index contributed by atoms with van der Waals surface area (Å²) in [4.78, 5) is 23.2. The minimum atomic E-state index is -0.241. The lowest BCUT2D eigenvalue weighted by Gasteiger charge is -2.16. The number of nitrogens with zero attached hydrogens (tertiary/aromatic N) is 3. The van der Waals surface area contributed by atoms with Crippen LogP contribution in [0.1, 0.15) is 24.2 Å². The summed E-state index contributed by atoms with van der Waals surface area (Å²) in [5.74, 6) is 0.766. The van der Waals surface area contributed by atoms with E-state index in [4.69, 9.17) is 0 Å². The molecule has 1 aliphatic rings. The molecule has 0 radical (unpaired) electrons. The third-order valence-corrected chi connectivity index (χ3v) is 3.75. The standard InChI is InChI=1S/C17H21N5O/c1-13-11-15(20-16(19-13)22-9-5-6-10-22)12-18-17(23)21-14-7-3-2-4-8-14/h2-4,7-8,11H,5-6,9-10,12H2,1H3,(H2,18,21,23). The molecule has 3 rings (SSSR count). The summed E-state index contributed by atoms with van der Waals surface area (Å²) in [6.07, 6.45) is 2.37. The number of amides is 2. The number of rotatable bonds is 4. The van der Waals surface area contributed by atoms with Crippen molar-refractivity contribution in [3.8, 4) is 0 Å². The maximum absolute atomic E-state index is 11.9. The van der Waals surface area contributed by atoms with E-state index in [2.05, 4.69) is 25.5 Å². The highest BCUT2D eigenvalue weighted by molar-refractivity contribution is 5.89. The Morgan fingerprint density at radius 3 is 2.65 bits per heavy atom. The molecule has 1 saturated heterocycles. The highest BCUT2D eigenvalue weighted by Crippen LogP contribution is 2.16. The van der Waals surface area contributed by atoms with Gasteiger partial charge >= 0.3 is 6.03 Å². The van der Waals surface area contributed by atoms with E-state index >= 15 is 0 Å². The Morgan fingerprint density at radius 1 is 1.17 bits per heavy atom. The predicted octanol–water partition coefficient (Wildman–Crippen LogP) is 2.71. The smallest absolute Gasteiger partial charge is 0.319 e. The normalized spacial score (nSPS) is 13.9. The SMILES string of the molecule is Cc1cc(CNC(=O)Nc2ccccc2)nc(N2CCCC2)n1. The van der Waals surface area contributed by atoms with Gasteiger partial charge in [-0.25, -0.2) is 14.8 Å². The Hall–Kier alpha value is -2.63. The molecule has 0 saturated carbocycles. The van der Waals surface area contributed by atoms with Crippen LogP contribution in [0.5, 0.6) is 0 Å². The molecule has 1 aromatic carbocycles. The zero-order valence-electron chi connectivity index (χ0n) is 13.2. The molecule has 2 aromatic rings. The van der Waals surface area contributed by atoms with Crippen molar-refractivity contribution in [3.63, 3.8) is 0 Å². The van der Waals surface area contributed by atoms with Gasteiger partial charge in [-0.05, 0) is 38.0 Å². The van der Waals surface area contributed by atoms with E-state index in [-0.39, 0.29) is 6.03 Å². The fourth-order valence-corrected chi connectivity index (χ4v) is 2.63. The third kappa shape index (κ3) is 4.18. The van der Waals surface area contributed by atoms with Crippen LogP contribution >= 0.6 is 0 Å². The zero-order chi connectivity index (χ0) is 16.1. The molecule has 1 aromatic heterocycles. The fourth-order valence-electron chi connectivity index (χ4n) is 2.63. The first-order valence-electron chi connectivity index (χ1n) is 7.90. The monoisotopic (exact) mass is 311 g/mol. The number of urea groups is 1. The average Bonchev–Trinajstić information content (AvgIpc) is 3.08. The third-order valence-electron chi connectivity index (χ3n) is 3.75. The molecule has 23 heavy (non-hydrogen) atoms. The minimum absolute atomic E-state index is 0.241. The molecule has 1 fully saturated rings. The lowest BCUT2D eigenvalue weighted by molar-refractivity contribution is 0.251. The topological polar surface area (TPSA) is 70.2 Å². The summed E-state index contributed by atoms with van der Waals surface area (Å²) in [6, 6.07) is 11.0. The lowest BCUT2D eigenvalue weighted by Crippen LogP contribution is -2.29. The fraction of sp³-hybridized carbons (Fsp3) is 0.353. The molecule has 0 spiro atoms. The van der Waals surface area contributed by atoms with E-state index in [1.54, 1.807) is 0 Å². The van der Waals surface area contributed by atoms with Gasteiger partial charge in [0.1, 0.15) is 0 Å². The summed E-state index contributed by atoms with van der Waals surface area (Å²) >= 11 is 0.